The molecule has 2 fully saturated rings. The molecule has 19 heavy (non-hydrogen) atoms. The zero-order chi connectivity index (χ0) is 13.7. The maximum atomic E-state index is 10.1. The summed E-state index contributed by atoms with van der Waals surface area (Å²) in [4.78, 5) is 6.75. The molecule has 1 saturated heterocycles. The van der Waals surface area contributed by atoms with Crippen LogP contribution in [-0.4, -0.2) is 61.5 Å². The van der Waals surface area contributed by atoms with Gasteiger partial charge in [-0.1, -0.05) is 0 Å². The van der Waals surface area contributed by atoms with E-state index in [9.17, 15) is 5.11 Å². The van der Waals surface area contributed by atoms with Crippen LogP contribution in [0.1, 0.15) is 32.6 Å². The van der Waals surface area contributed by atoms with Crippen molar-refractivity contribution in [2.75, 3.05) is 39.9 Å². The molecule has 2 N–H and O–H groups in total. The molecule has 0 radical (unpaired) electrons. The first-order valence-electron chi connectivity index (χ1n) is 7.42. The predicted molar refractivity (Wildman–Crippen MR) is 76.3 cm³/mol. The molecule has 110 valence electrons. The van der Waals surface area contributed by atoms with Crippen molar-refractivity contribution >= 4 is 5.96 Å². The molecule has 0 bridgehead atoms. The van der Waals surface area contributed by atoms with Crippen molar-refractivity contribution in [2.45, 2.75) is 38.2 Å². The summed E-state index contributed by atoms with van der Waals surface area (Å²) in [6, 6.07) is 0. The molecule has 1 saturated carbocycles. The number of rotatable bonds is 5. The Labute approximate surface area is 116 Å². The van der Waals surface area contributed by atoms with Gasteiger partial charge in [-0.3, -0.25) is 4.99 Å². The lowest BCUT2D eigenvalue weighted by Crippen LogP contribution is -2.44. The topological polar surface area (TPSA) is 57.1 Å². The lowest BCUT2D eigenvalue weighted by Gasteiger charge is -2.35. The summed E-state index contributed by atoms with van der Waals surface area (Å²) in [5.41, 5.74) is -0.544. The number of ether oxygens (including phenoxy) is 1. The molecule has 2 aliphatic rings. The van der Waals surface area contributed by atoms with Gasteiger partial charge in [0.15, 0.2) is 5.96 Å². The van der Waals surface area contributed by atoms with Crippen LogP contribution in [0.3, 0.4) is 0 Å². The molecule has 5 nitrogen and oxygen atoms in total. The van der Waals surface area contributed by atoms with E-state index in [0.29, 0.717) is 12.5 Å². The number of nitrogens with zero attached hydrogens (tertiary/aromatic N) is 2. The Morgan fingerprint density at radius 3 is 2.84 bits per heavy atom. The first kappa shape index (κ1) is 14.6. The molecule has 0 aromatic rings. The van der Waals surface area contributed by atoms with Gasteiger partial charge in [0.2, 0.25) is 0 Å². The normalized spacial score (nSPS) is 26.1. The van der Waals surface area contributed by atoms with E-state index in [-0.39, 0.29) is 0 Å². The third-order valence-corrected chi connectivity index (χ3v) is 4.06. The van der Waals surface area contributed by atoms with Gasteiger partial charge in [-0.2, -0.15) is 0 Å². The van der Waals surface area contributed by atoms with Crippen LogP contribution in [0.5, 0.6) is 0 Å². The van der Waals surface area contributed by atoms with Gasteiger partial charge in [0, 0.05) is 32.7 Å². The van der Waals surface area contributed by atoms with Gasteiger partial charge in [0.25, 0.3) is 0 Å². The summed E-state index contributed by atoms with van der Waals surface area (Å²) in [6.07, 6.45) is 4.03. The monoisotopic (exact) mass is 269 g/mol. The second kappa shape index (κ2) is 6.57. The zero-order valence-electron chi connectivity index (χ0n) is 12.2. The minimum absolute atomic E-state index is 0.515. The van der Waals surface area contributed by atoms with Gasteiger partial charge >= 0.3 is 0 Å². The van der Waals surface area contributed by atoms with Gasteiger partial charge in [-0.15, -0.1) is 0 Å². The highest BCUT2D eigenvalue weighted by molar-refractivity contribution is 5.79. The minimum Gasteiger partial charge on any atom is -0.388 e. The molecule has 0 aromatic carbocycles. The van der Waals surface area contributed by atoms with Crippen LogP contribution >= 0.6 is 0 Å². The molecule has 1 aliphatic carbocycles. The molecule has 1 aliphatic heterocycles. The van der Waals surface area contributed by atoms with Crippen molar-refractivity contribution in [3.05, 3.63) is 0 Å². The Kier molecular flexibility index (Phi) is 5.05. The van der Waals surface area contributed by atoms with E-state index < -0.39 is 5.60 Å². The molecular formula is C14H27N3O2. The lowest BCUT2D eigenvalue weighted by atomic mass is 9.80. The summed E-state index contributed by atoms with van der Waals surface area (Å²) in [5, 5.41) is 13.4. The molecule has 1 unspecified atom stereocenters. The summed E-state index contributed by atoms with van der Waals surface area (Å²) in [5.74, 6) is 1.50. The van der Waals surface area contributed by atoms with Crippen LogP contribution in [0.25, 0.3) is 0 Å². The van der Waals surface area contributed by atoms with Gasteiger partial charge in [-0.25, -0.2) is 0 Å². The van der Waals surface area contributed by atoms with Crippen LogP contribution in [0, 0.1) is 5.92 Å². The highest BCUT2D eigenvalue weighted by Crippen LogP contribution is 2.31. The quantitative estimate of drug-likeness (QED) is 0.573. The van der Waals surface area contributed by atoms with Crippen molar-refractivity contribution in [3.8, 4) is 0 Å². The Balaban J connectivity index is 1.87. The highest BCUT2D eigenvalue weighted by Gasteiger charge is 2.34. The van der Waals surface area contributed by atoms with E-state index in [1.54, 1.807) is 0 Å². The van der Waals surface area contributed by atoms with Crippen molar-refractivity contribution in [1.82, 2.24) is 10.2 Å². The fourth-order valence-corrected chi connectivity index (χ4v) is 2.64. The summed E-state index contributed by atoms with van der Waals surface area (Å²) >= 11 is 0. The van der Waals surface area contributed by atoms with Gasteiger partial charge < -0.3 is 20.1 Å². The second-order valence-corrected chi connectivity index (χ2v) is 5.86. The van der Waals surface area contributed by atoms with Crippen molar-refractivity contribution in [1.29, 1.82) is 0 Å². The smallest absolute Gasteiger partial charge is 0.193 e. The number of nitrogens with one attached hydrogen (secondary N) is 1. The Bertz CT molecular complexity index is 310. The van der Waals surface area contributed by atoms with Crippen LogP contribution in [0.15, 0.2) is 4.99 Å². The molecule has 0 amide bonds. The fraction of sp³-hybridized carbons (Fsp3) is 0.929. The average molecular weight is 269 g/mol. The Hall–Kier alpha value is -0.810. The average Bonchev–Trinajstić information content (AvgIpc) is 2.84. The highest BCUT2D eigenvalue weighted by atomic mass is 16.5. The molecule has 0 spiro atoms. The van der Waals surface area contributed by atoms with Gasteiger partial charge in [0.05, 0.1) is 18.8 Å². The van der Waals surface area contributed by atoms with E-state index >= 15 is 0 Å². The van der Waals surface area contributed by atoms with Crippen LogP contribution < -0.4 is 5.32 Å². The molecule has 1 atom stereocenters. The third kappa shape index (κ3) is 4.08. The molecular weight excluding hydrogens is 242 g/mol. The lowest BCUT2D eigenvalue weighted by molar-refractivity contribution is -0.0237. The first-order chi connectivity index (χ1) is 9.13. The SMILES string of the molecule is CCNC(=NCC1(O)CCC1)N(C)CC1CCOC1. The number of hydrogen-bond acceptors (Lipinski definition) is 3. The summed E-state index contributed by atoms with van der Waals surface area (Å²) in [7, 11) is 2.06. The largest absolute Gasteiger partial charge is 0.388 e. The third-order valence-electron chi connectivity index (χ3n) is 4.06. The molecule has 1 heterocycles. The molecule has 0 aromatic heterocycles. The summed E-state index contributed by atoms with van der Waals surface area (Å²) in [6.45, 7) is 6.13. The maximum absolute atomic E-state index is 10.1. The van der Waals surface area contributed by atoms with E-state index in [1.165, 1.54) is 0 Å². The fourth-order valence-electron chi connectivity index (χ4n) is 2.64. The van der Waals surface area contributed by atoms with E-state index in [0.717, 1.165) is 57.9 Å². The standard InChI is InChI=1S/C14H27N3O2/c1-3-15-13(16-11-14(18)6-4-7-14)17(2)9-12-5-8-19-10-12/h12,18H,3-11H2,1-2H3,(H,15,16). The zero-order valence-corrected chi connectivity index (χ0v) is 12.2. The molecule has 2 rings (SSSR count). The van der Waals surface area contributed by atoms with Gasteiger partial charge in [-0.05, 0) is 32.6 Å². The number of guanidine groups is 1. The van der Waals surface area contributed by atoms with Crippen molar-refractivity contribution in [3.63, 3.8) is 0 Å². The van der Waals surface area contributed by atoms with E-state index in [2.05, 4.69) is 29.2 Å². The first-order valence-corrected chi connectivity index (χ1v) is 7.42. The molecule has 5 heteroatoms. The Morgan fingerprint density at radius 2 is 2.32 bits per heavy atom. The van der Waals surface area contributed by atoms with E-state index in [4.69, 9.17) is 4.74 Å². The predicted octanol–water partition coefficient (Wildman–Crippen LogP) is 0.835. The van der Waals surface area contributed by atoms with Crippen molar-refractivity contribution in [2.24, 2.45) is 10.9 Å². The van der Waals surface area contributed by atoms with Gasteiger partial charge in [0.1, 0.15) is 0 Å². The number of aliphatic imine (C=N–C) groups is 1. The van der Waals surface area contributed by atoms with Crippen molar-refractivity contribution < 1.29 is 9.84 Å². The minimum atomic E-state index is -0.544. The van der Waals surface area contributed by atoms with Crippen LogP contribution in [0.2, 0.25) is 0 Å². The van der Waals surface area contributed by atoms with Crippen LogP contribution in [0.4, 0.5) is 0 Å². The number of aliphatic hydroxyl groups is 1. The Morgan fingerprint density at radius 1 is 1.53 bits per heavy atom. The maximum Gasteiger partial charge on any atom is 0.193 e. The van der Waals surface area contributed by atoms with E-state index in [1.807, 2.05) is 0 Å². The second-order valence-electron chi connectivity index (χ2n) is 5.86. The number of hydrogen-bond donors (Lipinski definition) is 2. The summed E-state index contributed by atoms with van der Waals surface area (Å²) < 4.78 is 5.41. The van der Waals surface area contributed by atoms with Crippen LogP contribution in [-0.2, 0) is 4.74 Å².